The molecule has 2 N–H and O–H groups in total. The third-order valence-electron chi connectivity index (χ3n) is 6.52. The van der Waals surface area contributed by atoms with Crippen LogP contribution in [-0.4, -0.2) is 19.9 Å². The predicted molar refractivity (Wildman–Crippen MR) is 134 cm³/mol. The Kier molecular flexibility index (Phi) is 6.66. The van der Waals surface area contributed by atoms with Gasteiger partial charge in [-0.05, 0) is 62.2 Å². The topological polar surface area (TPSA) is 84.5 Å². The maximum absolute atomic E-state index is 13.1. The van der Waals surface area contributed by atoms with Crippen LogP contribution in [0.5, 0.6) is 5.75 Å². The summed E-state index contributed by atoms with van der Waals surface area (Å²) >= 11 is 0. The van der Waals surface area contributed by atoms with Crippen molar-refractivity contribution < 1.29 is 17.9 Å². The summed E-state index contributed by atoms with van der Waals surface area (Å²) in [6, 6.07) is 20.7. The summed E-state index contributed by atoms with van der Waals surface area (Å²) in [5, 5.41) is 3.16. The predicted octanol–water partition coefficient (Wildman–Crippen LogP) is 5.61. The average molecular weight is 479 g/mol. The van der Waals surface area contributed by atoms with Crippen molar-refractivity contribution in [3.05, 3.63) is 89.5 Å². The number of ether oxygens (including phenoxy) is 1. The van der Waals surface area contributed by atoms with E-state index in [-0.39, 0.29) is 22.4 Å². The highest BCUT2D eigenvalue weighted by Gasteiger charge is 2.39. The largest absolute Gasteiger partial charge is 0.487 e. The number of hydrogen-bond donors (Lipinski definition) is 2. The number of rotatable bonds is 7. The molecular weight excluding hydrogens is 448 g/mol. The Morgan fingerprint density at radius 1 is 0.971 bits per heavy atom. The number of fused-ring (bicyclic) bond motifs is 1. The number of aryl methyl sites for hydroxylation is 1. The monoisotopic (exact) mass is 478 g/mol. The maximum atomic E-state index is 13.1. The molecule has 0 radical (unpaired) electrons. The number of para-hydroxylation sites is 1. The van der Waals surface area contributed by atoms with E-state index in [0.29, 0.717) is 17.7 Å². The zero-order valence-electron chi connectivity index (χ0n) is 19.7. The van der Waals surface area contributed by atoms with Crippen LogP contribution < -0.4 is 14.8 Å². The van der Waals surface area contributed by atoms with Gasteiger partial charge in [0.15, 0.2) is 0 Å². The van der Waals surface area contributed by atoms with E-state index in [0.717, 1.165) is 29.7 Å². The number of amides is 1. The van der Waals surface area contributed by atoms with Crippen LogP contribution in [0.1, 0.15) is 60.6 Å². The van der Waals surface area contributed by atoms with Gasteiger partial charge < -0.3 is 10.1 Å². The Bertz CT molecular complexity index is 1260. The first-order valence-electron chi connectivity index (χ1n) is 11.5. The average Bonchev–Trinajstić information content (AvgIpc) is 2.84. The zero-order chi connectivity index (χ0) is 24.3. The molecule has 1 heterocycles. The van der Waals surface area contributed by atoms with Crippen molar-refractivity contribution in [3.63, 3.8) is 0 Å². The fraction of sp³-hybridized carbons (Fsp3) is 0.296. The second-order valence-corrected chi connectivity index (χ2v) is 10.4. The zero-order valence-corrected chi connectivity index (χ0v) is 20.5. The van der Waals surface area contributed by atoms with Gasteiger partial charge in [0, 0.05) is 23.2 Å². The molecule has 34 heavy (non-hydrogen) atoms. The molecule has 3 aromatic rings. The summed E-state index contributed by atoms with van der Waals surface area (Å²) in [5.41, 5.74) is 2.49. The molecule has 0 saturated heterocycles. The van der Waals surface area contributed by atoms with E-state index in [4.69, 9.17) is 4.74 Å². The molecule has 7 heteroatoms. The Hall–Kier alpha value is -3.32. The fourth-order valence-corrected chi connectivity index (χ4v) is 5.35. The summed E-state index contributed by atoms with van der Waals surface area (Å²) in [4.78, 5) is 13.3. The Balaban J connectivity index is 1.49. The molecule has 0 spiro atoms. The molecule has 0 unspecified atom stereocenters. The van der Waals surface area contributed by atoms with Crippen LogP contribution in [0.25, 0.3) is 0 Å². The van der Waals surface area contributed by atoms with Gasteiger partial charge in [-0.1, -0.05) is 49.7 Å². The van der Waals surface area contributed by atoms with E-state index in [2.05, 4.69) is 23.9 Å². The molecule has 0 fully saturated rings. The van der Waals surface area contributed by atoms with E-state index in [1.165, 1.54) is 0 Å². The third kappa shape index (κ3) is 4.94. The summed E-state index contributed by atoms with van der Waals surface area (Å²) < 4.78 is 34.1. The molecule has 1 aliphatic heterocycles. The van der Waals surface area contributed by atoms with Crippen molar-refractivity contribution in [2.24, 2.45) is 0 Å². The lowest BCUT2D eigenvalue weighted by Gasteiger charge is -2.41. The first kappa shape index (κ1) is 23.8. The van der Waals surface area contributed by atoms with Crippen molar-refractivity contribution >= 4 is 21.6 Å². The van der Waals surface area contributed by atoms with Crippen molar-refractivity contribution in [2.75, 3.05) is 4.72 Å². The molecule has 1 amide bonds. The maximum Gasteiger partial charge on any atom is 0.261 e. The Labute approximate surface area is 201 Å². The molecule has 3 aromatic carbocycles. The number of benzene rings is 3. The van der Waals surface area contributed by atoms with Crippen molar-refractivity contribution in [1.29, 1.82) is 0 Å². The summed E-state index contributed by atoms with van der Waals surface area (Å²) in [7, 11) is -3.70. The quantitative estimate of drug-likeness (QED) is 0.462. The molecule has 0 aliphatic carbocycles. The molecule has 178 valence electrons. The smallest absolute Gasteiger partial charge is 0.261 e. The van der Waals surface area contributed by atoms with Crippen LogP contribution in [0.2, 0.25) is 0 Å². The van der Waals surface area contributed by atoms with Crippen LogP contribution in [0.3, 0.4) is 0 Å². The molecular formula is C27H30N2O4S. The molecule has 1 aliphatic rings. The van der Waals surface area contributed by atoms with Crippen molar-refractivity contribution in [2.45, 2.75) is 56.6 Å². The van der Waals surface area contributed by atoms with Gasteiger partial charge >= 0.3 is 0 Å². The highest BCUT2D eigenvalue weighted by Crippen LogP contribution is 2.42. The van der Waals surface area contributed by atoms with E-state index in [1.807, 2.05) is 31.2 Å². The van der Waals surface area contributed by atoms with Gasteiger partial charge in [0.2, 0.25) is 0 Å². The molecule has 1 atom stereocenters. The van der Waals surface area contributed by atoms with Gasteiger partial charge in [-0.2, -0.15) is 0 Å². The number of nitrogens with one attached hydrogen (secondary N) is 2. The minimum absolute atomic E-state index is 0.169. The number of carbonyl (C=O) groups excluding carboxylic acids is 1. The molecule has 0 bridgehead atoms. The second kappa shape index (κ2) is 9.50. The summed E-state index contributed by atoms with van der Waals surface area (Å²) in [6.45, 7) is 6.11. The highest BCUT2D eigenvalue weighted by molar-refractivity contribution is 7.92. The van der Waals surface area contributed by atoms with Crippen LogP contribution >= 0.6 is 0 Å². The number of hydrogen-bond acceptors (Lipinski definition) is 4. The lowest BCUT2D eigenvalue weighted by Crippen LogP contribution is -2.44. The van der Waals surface area contributed by atoms with E-state index in [9.17, 15) is 13.2 Å². The Morgan fingerprint density at radius 2 is 1.62 bits per heavy atom. The van der Waals surface area contributed by atoms with E-state index in [1.54, 1.807) is 48.5 Å². The van der Waals surface area contributed by atoms with Gasteiger partial charge in [-0.15, -0.1) is 0 Å². The SMILES string of the molecule is CCC1(CC)C[C@@H](NC(=O)c2ccc(NS(=O)(=O)c3ccc(C)cc3)cc2)c2ccccc2O1. The van der Waals surface area contributed by atoms with Gasteiger partial charge in [0.1, 0.15) is 11.4 Å². The van der Waals surface area contributed by atoms with Gasteiger partial charge in [0.05, 0.1) is 10.9 Å². The normalized spacial score (nSPS) is 16.7. The van der Waals surface area contributed by atoms with Gasteiger partial charge in [0.25, 0.3) is 15.9 Å². The molecule has 4 rings (SSSR count). The molecule has 0 saturated carbocycles. The van der Waals surface area contributed by atoms with Gasteiger partial charge in [-0.3, -0.25) is 9.52 Å². The minimum Gasteiger partial charge on any atom is -0.487 e. The minimum atomic E-state index is -3.70. The second-order valence-electron chi connectivity index (χ2n) is 8.76. The summed E-state index contributed by atoms with van der Waals surface area (Å²) in [5.74, 6) is 0.597. The van der Waals surface area contributed by atoms with Crippen molar-refractivity contribution in [3.8, 4) is 5.75 Å². The first-order valence-corrected chi connectivity index (χ1v) is 13.0. The van der Waals surface area contributed by atoms with Crippen LogP contribution in [0.4, 0.5) is 5.69 Å². The number of anilines is 1. The van der Waals surface area contributed by atoms with Crippen molar-refractivity contribution in [1.82, 2.24) is 5.32 Å². The van der Waals surface area contributed by atoms with Crippen LogP contribution in [0.15, 0.2) is 77.7 Å². The summed E-state index contributed by atoms with van der Waals surface area (Å²) in [6.07, 6.45) is 2.39. The molecule has 6 nitrogen and oxygen atoms in total. The van der Waals surface area contributed by atoms with E-state index >= 15 is 0 Å². The van der Waals surface area contributed by atoms with Gasteiger partial charge in [-0.25, -0.2) is 8.42 Å². The van der Waals surface area contributed by atoms with Crippen LogP contribution in [-0.2, 0) is 10.0 Å². The lowest BCUT2D eigenvalue weighted by molar-refractivity contribution is 0.0227. The number of carbonyl (C=O) groups is 1. The standard InChI is InChI=1S/C27H30N2O4S/c1-4-27(5-2)18-24(23-8-6-7-9-25(23)33-27)28-26(30)20-12-14-21(15-13-20)29-34(31,32)22-16-10-19(3)11-17-22/h6-17,24,29H,4-5,18H2,1-3H3,(H,28,30)/t24-/m1/s1. The lowest BCUT2D eigenvalue weighted by atomic mass is 9.83. The van der Waals surface area contributed by atoms with E-state index < -0.39 is 10.0 Å². The number of sulfonamides is 1. The van der Waals surface area contributed by atoms with Crippen LogP contribution in [0, 0.1) is 6.92 Å². The Morgan fingerprint density at radius 3 is 2.26 bits per heavy atom. The fourth-order valence-electron chi connectivity index (χ4n) is 4.29. The molecule has 0 aromatic heterocycles. The highest BCUT2D eigenvalue weighted by atomic mass is 32.2. The first-order chi connectivity index (χ1) is 16.2. The third-order valence-corrected chi connectivity index (χ3v) is 7.92.